The number of para-hydroxylation sites is 1. The van der Waals surface area contributed by atoms with E-state index in [0.29, 0.717) is 24.0 Å². The molecule has 1 saturated heterocycles. The highest BCUT2D eigenvalue weighted by atomic mass is 32.1. The molecule has 6 nitrogen and oxygen atoms in total. The van der Waals surface area contributed by atoms with Crippen molar-refractivity contribution in [3.05, 3.63) is 53.6 Å². The van der Waals surface area contributed by atoms with Gasteiger partial charge in [0, 0.05) is 32.0 Å². The summed E-state index contributed by atoms with van der Waals surface area (Å²) >= 11 is 1.58. The van der Waals surface area contributed by atoms with Crippen LogP contribution in [0.4, 0.5) is 0 Å². The first-order valence-electron chi connectivity index (χ1n) is 10.1. The summed E-state index contributed by atoms with van der Waals surface area (Å²) < 4.78 is 18.0. The lowest BCUT2D eigenvalue weighted by Gasteiger charge is -2.30. The minimum Gasteiger partial charge on any atom is -0.467 e. The minimum atomic E-state index is 0.0155. The molecule has 2 aliphatic heterocycles. The summed E-state index contributed by atoms with van der Waals surface area (Å²) in [6.45, 7) is 3.67. The van der Waals surface area contributed by atoms with Crippen molar-refractivity contribution in [1.29, 1.82) is 0 Å². The highest BCUT2D eigenvalue weighted by Gasteiger charge is 2.24. The molecule has 0 bridgehead atoms. The second-order valence-corrected chi connectivity index (χ2v) is 8.48. The highest BCUT2D eigenvalue weighted by molar-refractivity contribution is 7.20. The molecule has 0 atom stereocenters. The van der Waals surface area contributed by atoms with Crippen LogP contribution in [0.25, 0.3) is 16.3 Å². The molecular weight excluding hydrogens is 400 g/mol. The number of thiazole rings is 1. The molecule has 7 heteroatoms. The van der Waals surface area contributed by atoms with E-state index in [-0.39, 0.29) is 18.8 Å². The van der Waals surface area contributed by atoms with Gasteiger partial charge in [0.1, 0.15) is 6.10 Å². The third kappa shape index (κ3) is 3.85. The number of nitrogens with zero attached hydrogens (tertiary/aromatic N) is 2. The van der Waals surface area contributed by atoms with E-state index in [1.54, 1.807) is 17.4 Å². The molecule has 0 N–H and O–H groups in total. The van der Waals surface area contributed by atoms with Crippen LogP contribution in [0.3, 0.4) is 0 Å². The van der Waals surface area contributed by atoms with Gasteiger partial charge in [-0.3, -0.25) is 4.79 Å². The maximum absolute atomic E-state index is 12.6. The van der Waals surface area contributed by atoms with E-state index >= 15 is 0 Å². The van der Waals surface area contributed by atoms with E-state index in [1.807, 2.05) is 35.2 Å². The Labute approximate surface area is 178 Å². The van der Waals surface area contributed by atoms with Gasteiger partial charge in [-0.2, -0.15) is 0 Å². The van der Waals surface area contributed by atoms with Gasteiger partial charge < -0.3 is 19.1 Å². The first-order chi connectivity index (χ1) is 14.7. The van der Waals surface area contributed by atoms with Crippen molar-refractivity contribution in [2.75, 3.05) is 19.9 Å². The molecule has 30 heavy (non-hydrogen) atoms. The van der Waals surface area contributed by atoms with Crippen LogP contribution < -0.4 is 14.2 Å². The lowest BCUT2D eigenvalue weighted by Crippen LogP contribution is -2.41. The monoisotopic (exact) mass is 422 g/mol. The number of ether oxygens (including phenoxy) is 3. The molecule has 0 unspecified atom stereocenters. The van der Waals surface area contributed by atoms with Crippen LogP contribution in [0.5, 0.6) is 16.7 Å². The largest absolute Gasteiger partial charge is 0.467 e. The van der Waals surface area contributed by atoms with Crippen molar-refractivity contribution in [2.45, 2.75) is 25.9 Å². The summed E-state index contributed by atoms with van der Waals surface area (Å²) in [4.78, 5) is 19.1. The van der Waals surface area contributed by atoms with E-state index in [2.05, 4.69) is 24.0 Å². The Balaban J connectivity index is 1.16. The number of hydrogen-bond donors (Lipinski definition) is 0. The SMILES string of the molecule is Cc1cccc2sc(OC3CCN(C(=O)C=Cc4ccc5c(c4)OCO5)CC3)nc12. The summed E-state index contributed by atoms with van der Waals surface area (Å²) in [5.74, 6) is 1.47. The first kappa shape index (κ1) is 18.9. The summed E-state index contributed by atoms with van der Waals surface area (Å²) in [7, 11) is 0. The number of piperidine rings is 1. The topological polar surface area (TPSA) is 60.9 Å². The molecule has 1 fully saturated rings. The number of aromatic nitrogens is 1. The van der Waals surface area contributed by atoms with Crippen molar-refractivity contribution in [3.63, 3.8) is 0 Å². The molecule has 0 spiro atoms. The third-order valence-corrected chi connectivity index (χ3v) is 6.35. The normalized spacial score (nSPS) is 16.5. The predicted molar refractivity (Wildman–Crippen MR) is 116 cm³/mol. The zero-order chi connectivity index (χ0) is 20.5. The lowest BCUT2D eigenvalue weighted by molar-refractivity contribution is -0.127. The fraction of sp³-hybridized carbons (Fsp3) is 0.304. The molecule has 0 radical (unpaired) electrons. The Morgan fingerprint density at radius 3 is 2.87 bits per heavy atom. The molecule has 5 rings (SSSR count). The quantitative estimate of drug-likeness (QED) is 0.583. The van der Waals surface area contributed by atoms with Crippen molar-refractivity contribution < 1.29 is 19.0 Å². The molecule has 3 aromatic rings. The molecule has 1 aromatic heterocycles. The molecule has 3 heterocycles. The number of carbonyl (C=O) groups excluding carboxylic acids is 1. The Hall–Kier alpha value is -3.06. The summed E-state index contributed by atoms with van der Waals surface area (Å²) in [5.41, 5.74) is 3.09. The molecule has 0 saturated carbocycles. The number of fused-ring (bicyclic) bond motifs is 2. The molecule has 1 amide bonds. The molecule has 2 aliphatic rings. The van der Waals surface area contributed by atoms with E-state index in [9.17, 15) is 4.79 Å². The fourth-order valence-corrected chi connectivity index (χ4v) is 4.70. The summed E-state index contributed by atoms with van der Waals surface area (Å²) in [6.07, 6.45) is 5.13. The maximum atomic E-state index is 12.6. The first-order valence-corrected chi connectivity index (χ1v) is 10.9. The van der Waals surface area contributed by atoms with E-state index < -0.39 is 0 Å². The molecular formula is C23H22N2O4S. The van der Waals surface area contributed by atoms with Gasteiger partial charge in [-0.1, -0.05) is 29.5 Å². The highest BCUT2D eigenvalue weighted by Crippen LogP contribution is 2.33. The van der Waals surface area contributed by atoms with Crippen LogP contribution in [-0.2, 0) is 4.79 Å². The molecule has 154 valence electrons. The van der Waals surface area contributed by atoms with Gasteiger partial charge in [-0.15, -0.1) is 0 Å². The minimum absolute atomic E-state index is 0.0155. The number of likely N-dealkylation sites (tertiary alicyclic amines) is 1. The average molecular weight is 423 g/mol. The number of benzene rings is 2. The van der Waals surface area contributed by atoms with Crippen LogP contribution >= 0.6 is 11.3 Å². The smallest absolute Gasteiger partial charge is 0.274 e. The summed E-state index contributed by atoms with van der Waals surface area (Å²) in [6, 6.07) is 11.8. The van der Waals surface area contributed by atoms with E-state index in [1.165, 1.54) is 0 Å². The second kappa shape index (κ2) is 7.99. The average Bonchev–Trinajstić information content (AvgIpc) is 3.39. The number of rotatable bonds is 4. The third-order valence-electron chi connectivity index (χ3n) is 5.44. The lowest BCUT2D eigenvalue weighted by atomic mass is 10.1. The van der Waals surface area contributed by atoms with Gasteiger partial charge in [0.15, 0.2) is 11.5 Å². The van der Waals surface area contributed by atoms with Crippen LogP contribution in [0.1, 0.15) is 24.0 Å². The van der Waals surface area contributed by atoms with Crippen LogP contribution in [0.15, 0.2) is 42.5 Å². The Kier molecular flexibility index (Phi) is 5.04. The van der Waals surface area contributed by atoms with Gasteiger partial charge in [-0.05, 0) is 42.3 Å². The zero-order valence-corrected chi connectivity index (χ0v) is 17.5. The number of carbonyl (C=O) groups is 1. The van der Waals surface area contributed by atoms with Crippen molar-refractivity contribution in [3.8, 4) is 16.7 Å². The van der Waals surface area contributed by atoms with Gasteiger partial charge >= 0.3 is 0 Å². The molecule has 0 aliphatic carbocycles. The van der Waals surface area contributed by atoms with Gasteiger partial charge in [0.2, 0.25) is 12.7 Å². The van der Waals surface area contributed by atoms with Crippen LogP contribution in [0.2, 0.25) is 0 Å². The van der Waals surface area contributed by atoms with Crippen molar-refractivity contribution in [1.82, 2.24) is 9.88 Å². The Morgan fingerprint density at radius 1 is 1.20 bits per heavy atom. The Morgan fingerprint density at radius 2 is 2.03 bits per heavy atom. The van der Waals surface area contributed by atoms with Crippen LogP contribution in [-0.4, -0.2) is 41.8 Å². The van der Waals surface area contributed by atoms with Crippen molar-refractivity contribution in [2.24, 2.45) is 0 Å². The zero-order valence-electron chi connectivity index (χ0n) is 16.7. The maximum Gasteiger partial charge on any atom is 0.274 e. The molecule has 2 aromatic carbocycles. The Bertz CT molecular complexity index is 1120. The second-order valence-electron chi connectivity index (χ2n) is 7.49. The fourth-order valence-electron chi connectivity index (χ4n) is 3.74. The van der Waals surface area contributed by atoms with Crippen molar-refractivity contribution >= 4 is 33.5 Å². The van der Waals surface area contributed by atoms with Gasteiger partial charge in [0.25, 0.3) is 5.19 Å². The van der Waals surface area contributed by atoms with E-state index in [0.717, 1.165) is 39.9 Å². The number of aryl methyl sites for hydroxylation is 1. The van der Waals surface area contributed by atoms with Gasteiger partial charge in [-0.25, -0.2) is 4.98 Å². The van der Waals surface area contributed by atoms with Crippen LogP contribution in [0, 0.1) is 6.92 Å². The summed E-state index contributed by atoms with van der Waals surface area (Å²) in [5, 5.41) is 0.715. The number of amides is 1. The standard InChI is InChI=1S/C23H22N2O4S/c1-15-3-2-4-20-22(15)24-23(30-20)29-17-9-11-25(12-10-17)21(26)8-6-16-5-7-18-19(13-16)28-14-27-18/h2-8,13,17H,9-12,14H2,1H3. The number of hydrogen-bond acceptors (Lipinski definition) is 6. The van der Waals surface area contributed by atoms with E-state index in [4.69, 9.17) is 14.2 Å². The predicted octanol–water partition coefficient (Wildman–Crippen LogP) is 4.42. The van der Waals surface area contributed by atoms with Gasteiger partial charge in [0.05, 0.1) is 10.2 Å².